The number of hydrogen-bond acceptors (Lipinski definition) is 5. The van der Waals surface area contributed by atoms with Gasteiger partial charge in [0, 0.05) is 19.2 Å². The van der Waals surface area contributed by atoms with Gasteiger partial charge in [-0.15, -0.1) is 0 Å². The molecule has 2 aromatic carbocycles. The molecular weight excluding hydrogens is 473 g/mol. The number of carbonyl (C=O) groups excluding carboxylic acids is 2. The molecule has 0 aromatic heterocycles. The van der Waals surface area contributed by atoms with Crippen LogP contribution >= 0.6 is 0 Å². The molecule has 2 aromatic rings. The van der Waals surface area contributed by atoms with E-state index < -0.39 is 34.3 Å². The van der Waals surface area contributed by atoms with Crippen molar-refractivity contribution in [2.45, 2.75) is 39.8 Å². The fraction of sp³-hybridized carbons (Fsp3) is 0.440. The smallest absolute Gasteiger partial charge is 0.244 e. The highest BCUT2D eigenvalue weighted by Crippen LogP contribution is 2.24. The first kappa shape index (κ1) is 28.1. The Labute approximate surface area is 207 Å². The number of nitrogens with zero attached hydrogens (tertiary/aromatic N) is 2. The molecule has 0 aliphatic carbocycles. The van der Waals surface area contributed by atoms with Crippen LogP contribution in [0.15, 0.2) is 48.5 Å². The Balaban J connectivity index is 2.42. The molecule has 0 radical (unpaired) electrons. The van der Waals surface area contributed by atoms with Crippen LogP contribution in [0.5, 0.6) is 5.75 Å². The van der Waals surface area contributed by atoms with Gasteiger partial charge in [-0.05, 0) is 42.2 Å². The Kier molecular flexibility index (Phi) is 10.1. The minimum Gasteiger partial charge on any atom is -0.497 e. The van der Waals surface area contributed by atoms with E-state index in [0.717, 1.165) is 10.6 Å². The van der Waals surface area contributed by atoms with Crippen molar-refractivity contribution in [3.63, 3.8) is 0 Å². The Bertz CT molecular complexity index is 1110. The van der Waals surface area contributed by atoms with Gasteiger partial charge in [-0.3, -0.25) is 13.9 Å². The third-order valence-corrected chi connectivity index (χ3v) is 6.50. The first-order valence-electron chi connectivity index (χ1n) is 11.4. The molecule has 10 heteroatoms. The molecule has 8 nitrogen and oxygen atoms in total. The normalized spacial score (nSPS) is 12.2. The monoisotopic (exact) mass is 507 g/mol. The van der Waals surface area contributed by atoms with Gasteiger partial charge in [-0.2, -0.15) is 0 Å². The van der Waals surface area contributed by atoms with Crippen LogP contribution in [-0.2, 0) is 26.2 Å². The van der Waals surface area contributed by atoms with Gasteiger partial charge in [-0.25, -0.2) is 12.8 Å². The fourth-order valence-electron chi connectivity index (χ4n) is 3.51. The maximum atomic E-state index is 13.6. The molecule has 35 heavy (non-hydrogen) atoms. The molecular formula is C25H34FN3O5S. The zero-order valence-electron chi connectivity index (χ0n) is 20.8. The number of hydrogen-bond donors (Lipinski definition) is 1. The second-order valence-electron chi connectivity index (χ2n) is 8.68. The highest BCUT2D eigenvalue weighted by molar-refractivity contribution is 7.92. The molecule has 2 rings (SSSR count). The molecule has 2 amide bonds. The van der Waals surface area contributed by atoms with Crippen molar-refractivity contribution in [1.82, 2.24) is 10.2 Å². The summed E-state index contributed by atoms with van der Waals surface area (Å²) in [6.07, 6.45) is 1.33. The number of rotatable bonds is 12. The first-order chi connectivity index (χ1) is 16.5. The molecule has 0 aliphatic rings. The summed E-state index contributed by atoms with van der Waals surface area (Å²) in [6.45, 7) is 5.64. The molecule has 0 unspecified atom stereocenters. The third-order valence-electron chi connectivity index (χ3n) is 5.36. The maximum Gasteiger partial charge on any atom is 0.244 e. The van der Waals surface area contributed by atoms with Gasteiger partial charge < -0.3 is 15.0 Å². The lowest BCUT2D eigenvalue weighted by molar-refractivity contribution is -0.140. The number of carbonyl (C=O) groups is 2. The molecule has 0 saturated carbocycles. The second-order valence-corrected chi connectivity index (χ2v) is 10.6. The molecule has 0 heterocycles. The predicted molar refractivity (Wildman–Crippen MR) is 134 cm³/mol. The summed E-state index contributed by atoms with van der Waals surface area (Å²) < 4.78 is 44.9. The molecule has 192 valence electrons. The van der Waals surface area contributed by atoms with Crippen LogP contribution < -0.4 is 14.4 Å². The Morgan fingerprint density at radius 2 is 1.77 bits per heavy atom. The molecule has 0 bridgehead atoms. The number of ether oxygens (including phenoxy) is 1. The highest BCUT2D eigenvalue weighted by Gasteiger charge is 2.31. The number of methoxy groups -OCH3 is 1. The van der Waals surface area contributed by atoms with Gasteiger partial charge in [0.05, 0.1) is 19.1 Å². The van der Waals surface area contributed by atoms with Crippen LogP contribution in [0.2, 0.25) is 0 Å². The summed E-state index contributed by atoms with van der Waals surface area (Å²) >= 11 is 0. The van der Waals surface area contributed by atoms with Crippen LogP contribution in [0.4, 0.5) is 10.1 Å². The average Bonchev–Trinajstić information content (AvgIpc) is 2.81. The molecule has 0 spiro atoms. The molecule has 1 N–H and O–H groups in total. The third kappa shape index (κ3) is 8.24. The van der Waals surface area contributed by atoms with E-state index in [4.69, 9.17) is 4.74 Å². The van der Waals surface area contributed by atoms with Crippen molar-refractivity contribution < 1.29 is 27.1 Å². The van der Waals surface area contributed by atoms with E-state index in [2.05, 4.69) is 5.32 Å². The SMILES string of the molecule is CC[C@@H](C(=O)NCC(C)C)N(Cc1ccc(F)cc1)C(=O)CN(c1cccc(OC)c1)S(C)(=O)=O. The van der Waals surface area contributed by atoms with Gasteiger partial charge in [-0.1, -0.05) is 39.0 Å². The largest absolute Gasteiger partial charge is 0.497 e. The van der Waals surface area contributed by atoms with Gasteiger partial charge in [0.15, 0.2) is 0 Å². The van der Waals surface area contributed by atoms with Crippen molar-refractivity contribution >= 4 is 27.5 Å². The molecule has 0 saturated heterocycles. The average molecular weight is 508 g/mol. The van der Waals surface area contributed by atoms with Crippen LogP contribution in [0.1, 0.15) is 32.8 Å². The summed E-state index contributed by atoms with van der Waals surface area (Å²) in [4.78, 5) is 27.9. The van der Waals surface area contributed by atoms with Crippen molar-refractivity contribution in [1.29, 1.82) is 0 Å². The summed E-state index contributed by atoms with van der Waals surface area (Å²) in [5.41, 5.74) is 0.876. The zero-order chi connectivity index (χ0) is 26.2. The Hall–Kier alpha value is -3.14. The van der Waals surface area contributed by atoms with Gasteiger partial charge in [0.2, 0.25) is 21.8 Å². The van der Waals surface area contributed by atoms with E-state index in [1.165, 1.54) is 42.3 Å². The van der Waals surface area contributed by atoms with Crippen molar-refractivity contribution in [2.24, 2.45) is 5.92 Å². The lowest BCUT2D eigenvalue weighted by Crippen LogP contribution is -2.52. The van der Waals surface area contributed by atoms with E-state index in [0.29, 0.717) is 24.3 Å². The van der Waals surface area contributed by atoms with Gasteiger partial charge >= 0.3 is 0 Å². The van der Waals surface area contributed by atoms with Crippen LogP contribution in [0, 0.1) is 11.7 Å². The quantitative estimate of drug-likeness (QED) is 0.476. The predicted octanol–water partition coefficient (Wildman–Crippen LogP) is 3.18. The minimum atomic E-state index is -3.84. The van der Waals surface area contributed by atoms with E-state index >= 15 is 0 Å². The number of nitrogens with one attached hydrogen (secondary N) is 1. The van der Waals surface area contributed by atoms with Gasteiger partial charge in [0.25, 0.3) is 0 Å². The number of halogens is 1. The summed E-state index contributed by atoms with van der Waals surface area (Å²) in [5, 5.41) is 2.85. The minimum absolute atomic E-state index is 0.0163. The van der Waals surface area contributed by atoms with Crippen molar-refractivity contribution in [2.75, 3.05) is 30.8 Å². The van der Waals surface area contributed by atoms with Crippen LogP contribution in [0.3, 0.4) is 0 Å². The summed E-state index contributed by atoms with van der Waals surface area (Å²) in [5.74, 6) is -0.662. The molecule has 1 atom stereocenters. The fourth-order valence-corrected chi connectivity index (χ4v) is 4.35. The van der Waals surface area contributed by atoms with Gasteiger partial charge in [0.1, 0.15) is 24.2 Å². The summed E-state index contributed by atoms with van der Waals surface area (Å²) in [6, 6.07) is 11.2. The standard InChI is InChI=1S/C25H34FN3O5S/c1-6-23(25(31)27-15-18(2)3)28(16-19-10-12-20(26)13-11-19)24(30)17-29(35(5,32)33)21-8-7-9-22(14-21)34-4/h7-14,18,23H,6,15-17H2,1-5H3,(H,27,31)/t23-/m0/s1. The highest BCUT2D eigenvalue weighted by atomic mass is 32.2. The number of benzene rings is 2. The maximum absolute atomic E-state index is 13.6. The van der Waals surface area contributed by atoms with E-state index in [1.807, 2.05) is 13.8 Å². The van der Waals surface area contributed by atoms with Crippen molar-refractivity contribution in [3.8, 4) is 5.75 Å². The van der Waals surface area contributed by atoms with Crippen molar-refractivity contribution in [3.05, 3.63) is 59.9 Å². The number of amides is 2. The van der Waals surface area contributed by atoms with Crippen LogP contribution in [-0.4, -0.2) is 57.6 Å². The zero-order valence-corrected chi connectivity index (χ0v) is 21.6. The number of anilines is 1. The Morgan fingerprint density at radius 3 is 2.31 bits per heavy atom. The molecule has 0 fully saturated rings. The Morgan fingerprint density at radius 1 is 1.11 bits per heavy atom. The van der Waals surface area contributed by atoms with Crippen LogP contribution in [0.25, 0.3) is 0 Å². The lowest BCUT2D eigenvalue weighted by Gasteiger charge is -2.33. The second kappa shape index (κ2) is 12.5. The van der Waals surface area contributed by atoms with E-state index in [9.17, 15) is 22.4 Å². The summed E-state index contributed by atoms with van der Waals surface area (Å²) in [7, 11) is -2.38. The topological polar surface area (TPSA) is 96.0 Å². The molecule has 0 aliphatic heterocycles. The first-order valence-corrected chi connectivity index (χ1v) is 13.2. The number of sulfonamides is 1. The van der Waals surface area contributed by atoms with E-state index in [-0.39, 0.29) is 24.1 Å². The van der Waals surface area contributed by atoms with E-state index in [1.54, 1.807) is 25.1 Å². The lowest BCUT2D eigenvalue weighted by atomic mass is 10.1.